The van der Waals surface area contributed by atoms with Gasteiger partial charge in [0.25, 0.3) is 10.0 Å². The minimum atomic E-state index is -4.22. The average Bonchev–Trinajstić information content (AvgIpc) is 2.95. The Balaban J connectivity index is 2.09. The molecule has 1 N–H and O–H groups in total. The molecule has 2 amide bonds. The third-order valence-electron chi connectivity index (χ3n) is 6.62. The summed E-state index contributed by atoms with van der Waals surface area (Å²) in [5, 5.41) is 2.90. The highest BCUT2D eigenvalue weighted by molar-refractivity contribution is 9.10. The summed E-state index contributed by atoms with van der Waals surface area (Å²) >= 11 is 3.36. The molecular formula is C31H38BrN3O6S. The number of hydrogen-bond donors (Lipinski definition) is 1. The van der Waals surface area contributed by atoms with Gasteiger partial charge >= 0.3 is 0 Å². The van der Waals surface area contributed by atoms with Gasteiger partial charge in [0.15, 0.2) is 0 Å². The van der Waals surface area contributed by atoms with Crippen molar-refractivity contribution < 1.29 is 27.5 Å². The summed E-state index contributed by atoms with van der Waals surface area (Å²) in [6, 6.07) is 17.6. The number of sulfonamides is 1. The number of ether oxygens (including phenoxy) is 2. The molecule has 3 aromatic rings. The van der Waals surface area contributed by atoms with Crippen molar-refractivity contribution in [2.24, 2.45) is 0 Å². The lowest BCUT2D eigenvalue weighted by Gasteiger charge is -2.33. The first-order valence-corrected chi connectivity index (χ1v) is 15.8. The highest BCUT2D eigenvalue weighted by Crippen LogP contribution is 2.31. The molecule has 0 aliphatic rings. The van der Waals surface area contributed by atoms with Gasteiger partial charge in [0.1, 0.15) is 24.1 Å². The molecule has 0 aliphatic carbocycles. The fourth-order valence-electron chi connectivity index (χ4n) is 4.44. The van der Waals surface area contributed by atoms with Gasteiger partial charge in [-0.05, 0) is 91.1 Å². The molecule has 0 saturated heterocycles. The van der Waals surface area contributed by atoms with Crippen LogP contribution in [-0.2, 0) is 26.2 Å². The number of aryl methyl sites for hydroxylation is 1. The Morgan fingerprint density at radius 3 is 2.24 bits per heavy atom. The van der Waals surface area contributed by atoms with Crippen molar-refractivity contribution in [1.29, 1.82) is 0 Å². The van der Waals surface area contributed by atoms with Crippen molar-refractivity contribution in [2.45, 2.75) is 57.6 Å². The van der Waals surface area contributed by atoms with Crippen molar-refractivity contribution in [2.75, 3.05) is 25.1 Å². The Morgan fingerprint density at radius 2 is 1.67 bits per heavy atom. The van der Waals surface area contributed by atoms with Gasteiger partial charge in [0, 0.05) is 12.6 Å². The van der Waals surface area contributed by atoms with Crippen molar-refractivity contribution in [3.8, 4) is 11.5 Å². The van der Waals surface area contributed by atoms with Gasteiger partial charge in [0.2, 0.25) is 11.8 Å². The molecule has 0 spiro atoms. The van der Waals surface area contributed by atoms with Gasteiger partial charge in [-0.25, -0.2) is 8.42 Å². The van der Waals surface area contributed by atoms with Crippen LogP contribution in [0, 0.1) is 6.92 Å². The lowest BCUT2D eigenvalue weighted by Crippen LogP contribution is -2.53. The first kappa shape index (κ1) is 32.9. The minimum Gasteiger partial charge on any atom is -0.497 e. The van der Waals surface area contributed by atoms with Crippen molar-refractivity contribution >= 4 is 43.5 Å². The zero-order valence-electron chi connectivity index (χ0n) is 24.8. The molecule has 3 aromatic carbocycles. The van der Waals surface area contributed by atoms with E-state index in [1.807, 2.05) is 33.8 Å². The third-order valence-corrected chi connectivity index (χ3v) is 9.01. The number of carbonyl (C=O) groups excluding carboxylic acids is 2. The highest BCUT2D eigenvalue weighted by Gasteiger charge is 2.34. The maximum absolute atomic E-state index is 14.2. The maximum atomic E-state index is 14.2. The monoisotopic (exact) mass is 659 g/mol. The number of carbonyl (C=O) groups is 2. The molecule has 42 heavy (non-hydrogen) atoms. The quantitative estimate of drug-likeness (QED) is 0.267. The standard InChI is InChI=1S/C31H38BrN3O6S/c1-7-28(31(37)33-21(2)3)34(19-23-9-8-10-25(17-23)40-5)30(36)20-35(24-13-11-22(4)12-14-24)42(38,39)26-15-16-29(41-6)27(32)18-26/h8-18,21,28H,7,19-20H2,1-6H3,(H,33,37)/t28-/m1/s1. The maximum Gasteiger partial charge on any atom is 0.264 e. The second-order valence-corrected chi connectivity index (χ2v) is 12.8. The van der Waals surface area contributed by atoms with Crippen LogP contribution in [0.4, 0.5) is 5.69 Å². The predicted molar refractivity (Wildman–Crippen MR) is 167 cm³/mol. The Bertz CT molecular complexity index is 1490. The van der Waals surface area contributed by atoms with Gasteiger partial charge in [-0.15, -0.1) is 0 Å². The number of rotatable bonds is 13. The van der Waals surface area contributed by atoms with E-state index in [1.165, 1.54) is 24.1 Å². The van der Waals surface area contributed by atoms with Gasteiger partial charge < -0.3 is 19.7 Å². The summed E-state index contributed by atoms with van der Waals surface area (Å²) in [6.07, 6.45) is 0.330. The van der Waals surface area contributed by atoms with Crippen LogP contribution in [-0.4, -0.2) is 58.0 Å². The summed E-state index contributed by atoms with van der Waals surface area (Å²) in [6.45, 7) is 6.96. The minimum absolute atomic E-state index is 0.0208. The molecule has 3 rings (SSSR count). The lowest BCUT2D eigenvalue weighted by atomic mass is 10.1. The molecule has 0 bridgehead atoms. The molecule has 0 radical (unpaired) electrons. The summed E-state index contributed by atoms with van der Waals surface area (Å²) in [4.78, 5) is 28.9. The molecule has 0 heterocycles. The van der Waals surface area contributed by atoms with E-state index < -0.39 is 28.5 Å². The smallest absolute Gasteiger partial charge is 0.264 e. The number of halogens is 1. The van der Waals surface area contributed by atoms with Gasteiger partial charge in [-0.1, -0.05) is 36.8 Å². The SMILES string of the molecule is CC[C@H](C(=O)NC(C)C)N(Cc1cccc(OC)c1)C(=O)CN(c1ccc(C)cc1)S(=O)(=O)c1ccc(OC)c(Br)c1. The van der Waals surface area contributed by atoms with Crippen molar-refractivity contribution in [1.82, 2.24) is 10.2 Å². The number of methoxy groups -OCH3 is 2. The Morgan fingerprint density at radius 1 is 0.976 bits per heavy atom. The third kappa shape index (κ3) is 8.04. The number of benzene rings is 3. The van der Waals surface area contributed by atoms with Crippen molar-refractivity contribution in [3.05, 3.63) is 82.3 Å². The highest BCUT2D eigenvalue weighted by atomic mass is 79.9. The van der Waals surface area contributed by atoms with E-state index in [2.05, 4.69) is 21.2 Å². The van der Waals surface area contributed by atoms with Crippen molar-refractivity contribution in [3.63, 3.8) is 0 Å². The molecule has 1 atom stereocenters. The van der Waals surface area contributed by atoms with Crippen LogP contribution in [0.2, 0.25) is 0 Å². The molecule has 9 nitrogen and oxygen atoms in total. The largest absolute Gasteiger partial charge is 0.497 e. The first-order valence-electron chi connectivity index (χ1n) is 13.6. The molecular weight excluding hydrogens is 622 g/mol. The summed E-state index contributed by atoms with van der Waals surface area (Å²) in [5.41, 5.74) is 2.00. The van der Waals surface area contributed by atoms with E-state index in [0.29, 0.717) is 28.1 Å². The molecule has 0 saturated carbocycles. The van der Waals surface area contributed by atoms with Gasteiger partial charge in [-0.2, -0.15) is 0 Å². The topological polar surface area (TPSA) is 105 Å². The number of amides is 2. The Kier molecular flexibility index (Phi) is 11.4. The molecule has 0 aliphatic heterocycles. The van der Waals surface area contributed by atoms with E-state index in [1.54, 1.807) is 55.6 Å². The molecule has 226 valence electrons. The fraction of sp³-hybridized carbons (Fsp3) is 0.355. The summed E-state index contributed by atoms with van der Waals surface area (Å²) in [5.74, 6) is 0.236. The van der Waals surface area contributed by atoms with E-state index >= 15 is 0 Å². The van der Waals surface area contributed by atoms with Crippen LogP contribution < -0.4 is 19.1 Å². The van der Waals surface area contributed by atoms with E-state index in [4.69, 9.17) is 9.47 Å². The lowest BCUT2D eigenvalue weighted by molar-refractivity contribution is -0.140. The van der Waals surface area contributed by atoms with Gasteiger partial charge in [-0.3, -0.25) is 13.9 Å². The number of nitrogens with one attached hydrogen (secondary N) is 1. The normalized spacial score (nSPS) is 12.0. The second kappa shape index (κ2) is 14.6. The zero-order chi connectivity index (χ0) is 31.0. The first-order chi connectivity index (χ1) is 19.9. The molecule has 11 heteroatoms. The van der Waals surface area contributed by atoms with Crippen LogP contribution in [0.15, 0.2) is 76.1 Å². The Labute approximate surface area is 257 Å². The predicted octanol–water partition coefficient (Wildman–Crippen LogP) is 5.30. The van der Waals surface area contributed by atoms with Crippen LogP contribution >= 0.6 is 15.9 Å². The fourth-order valence-corrected chi connectivity index (χ4v) is 6.58. The van der Waals surface area contributed by atoms with E-state index in [-0.39, 0.29) is 23.4 Å². The zero-order valence-corrected chi connectivity index (χ0v) is 27.2. The second-order valence-electron chi connectivity index (χ2n) is 10.1. The summed E-state index contributed by atoms with van der Waals surface area (Å²) < 4.78 is 40.3. The van der Waals surface area contributed by atoms with E-state index in [9.17, 15) is 18.0 Å². The van der Waals surface area contributed by atoms with Crippen LogP contribution in [0.3, 0.4) is 0 Å². The number of nitrogens with zero attached hydrogens (tertiary/aromatic N) is 2. The van der Waals surface area contributed by atoms with Crippen LogP contribution in [0.25, 0.3) is 0 Å². The number of hydrogen-bond acceptors (Lipinski definition) is 6. The Hall–Kier alpha value is -3.57. The average molecular weight is 661 g/mol. The van der Waals surface area contributed by atoms with Crippen LogP contribution in [0.1, 0.15) is 38.3 Å². The molecule has 0 unspecified atom stereocenters. The molecule has 0 fully saturated rings. The van der Waals surface area contributed by atoms with E-state index in [0.717, 1.165) is 15.4 Å². The number of anilines is 1. The molecule has 0 aromatic heterocycles. The van der Waals surface area contributed by atoms with Gasteiger partial charge in [0.05, 0.1) is 29.3 Å². The van der Waals surface area contributed by atoms with Crippen LogP contribution in [0.5, 0.6) is 11.5 Å². The summed E-state index contributed by atoms with van der Waals surface area (Å²) in [7, 11) is -1.18.